The highest BCUT2D eigenvalue weighted by atomic mass is 16.7. The fourth-order valence-corrected chi connectivity index (χ4v) is 3.58. The molecule has 0 saturated heterocycles. The van der Waals surface area contributed by atoms with Gasteiger partial charge in [0.05, 0.1) is 37.0 Å². The lowest BCUT2D eigenvalue weighted by Gasteiger charge is -2.46. The first-order valence-electron chi connectivity index (χ1n) is 9.84. The number of nitriles is 1. The average Bonchev–Trinajstić information content (AvgIpc) is 3.27. The van der Waals surface area contributed by atoms with Gasteiger partial charge in [0.2, 0.25) is 0 Å². The number of urea groups is 1. The maximum Gasteiger partial charge on any atom is 0.318 e. The second kappa shape index (κ2) is 9.39. The van der Waals surface area contributed by atoms with Gasteiger partial charge < -0.3 is 34.0 Å². The molecule has 3 rings (SSSR count). The van der Waals surface area contributed by atoms with Gasteiger partial charge in [-0.25, -0.2) is 4.79 Å². The molecule has 0 aliphatic carbocycles. The van der Waals surface area contributed by atoms with Crippen molar-refractivity contribution >= 4 is 6.03 Å². The van der Waals surface area contributed by atoms with Gasteiger partial charge in [-0.15, -0.1) is 0 Å². The van der Waals surface area contributed by atoms with E-state index in [1.54, 1.807) is 44.2 Å². The molecule has 166 valence electrons. The van der Waals surface area contributed by atoms with Crippen molar-refractivity contribution in [2.75, 3.05) is 20.8 Å². The van der Waals surface area contributed by atoms with Crippen molar-refractivity contribution in [3.8, 4) is 11.8 Å². The first-order valence-corrected chi connectivity index (χ1v) is 9.84. The van der Waals surface area contributed by atoms with Crippen LogP contribution in [0.2, 0.25) is 0 Å². The number of hydrogen-bond acceptors (Lipinski definition) is 7. The molecule has 0 bridgehead atoms. The number of hydrogen-bond donors (Lipinski definition) is 2. The summed E-state index contributed by atoms with van der Waals surface area (Å²) in [7, 11) is 2.96. The zero-order valence-electron chi connectivity index (χ0n) is 18.0. The highest BCUT2D eigenvalue weighted by Crippen LogP contribution is 2.43. The van der Waals surface area contributed by atoms with E-state index >= 15 is 0 Å². The maximum atomic E-state index is 13.3. The van der Waals surface area contributed by atoms with Gasteiger partial charge in [-0.2, -0.15) is 5.26 Å². The minimum absolute atomic E-state index is 0.0947. The third-order valence-electron chi connectivity index (χ3n) is 5.29. The number of fused-ring (bicyclic) bond motifs is 1. The molecule has 2 amide bonds. The van der Waals surface area contributed by atoms with Gasteiger partial charge in [-0.3, -0.25) is 0 Å². The van der Waals surface area contributed by atoms with Crippen LogP contribution in [0, 0.1) is 11.3 Å². The second-order valence-electron chi connectivity index (χ2n) is 7.75. The molecule has 0 radical (unpaired) electrons. The number of aliphatic hydroxyl groups excluding tert-OH is 1. The molecule has 2 heterocycles. The molecule has 0 saturated carbocycles. The Kier molecular flexibility index (Phi) is 6.85. The SMILES string of the molecule is COC(CNC(=O)N(Cc1ccco1)[C@H]1c2cc(C#N)ccc2OC(C)(C)[C@@H]1O)OC. The largest absolute Gasteiger partial charge is 0.485 e. The van der Waals surface area contributed by atoms with Crippen molar-refractivity contribution in [2.45, 2.75) is 44.4 Å². The van der Waals surface area contributed by atoms with E-state index in [0.29, 0.717) is 22.6 Å². The van der Waals surface area contributed by atoms with Gasteiger partial charge in [0.1, 0.15) is 23.2 Å². The number of ether oxygens (including phenoxy) is 3. The number of carbonyl (C=O) groups is 1. The highest BCUT2D eigenvalue weighted by Gasteiger charge is 2.47. The number of benzene rings is 1. The minimum atomic E-state index is -1.07. The summed E-state index contributed by atoms with van der Waals surface area (Å²) in [4.78, 5) is 14.7. The Morgan fingerprint density at radius 2 is 2.10 bits per heavy atom. The zero-order valence-corrected chi connectivity index (χ0v) is 18.0. The number of methoxy groups -OCH3 is 2. The molecule has 9 nitrogen and oxygen atoms in total. The van der Waals surface area contributed by atoms with Crippen LogP contribution in [0.25, 0.3) is 0 Å². The molecule has 1 aliphatic heterocycles. The highest BCUT2D eigenvalue weighted by molar-refractivity contribution is 5.75. The fourth-order valence-electron chi connectivity index (χ4n) is 3.58. The Hall–Kier alpha value is -3.06. The van der Waals surface area contributed by atoms with Gasteiger partial charge in [-0.1, -0.05) is 0 Å². The predicted octanol–water partition coefficient (Wildman–Crippen LogP) is 2.55. The summed E-state index contributed by atoms with van der Waals surface area (Å²) < 4.78 is 21.7. The van der Waals surface area contributed by atoms with Crippen LogP contribution in [-0.4, -0.2) is 54.8 Å². The van der Waals surface area contributed by atoms with E-state index < -0.39 is 30.1 Å². The number of nitrogens with one attached hydrogen (secondary N) is 1. The average molecular weight is 429 g/mol. The van der Waals surface area contributed by atoms with Crippen molar-refractivity contribution in [1.82, 2.24) is 10.2 Å². The first kappa shape index (κ1) is 22.6. The van der Waals surface area contributed by atoms with Crippen LogP contribution in [0.15, 0.2) is 41.0 Å². The zero-order chi connectivity index (χ0) is 22.6. The van der Waals surface area contributed by atoms with Crippen molar-refractivity contribution in [2.24, 2.45) is 0 Å². The van der Waals surface area contributed by atoms with E-state index in [0.717, 1.165) is 0 Å². The molecule has 1 aromatic carbocycles. The number of amides is 2. The van der Waals surface area contributed by atoms with E-state index in [1.807, 2.05) is 0 Å². The van der Waals surface area contributed by atoms with E-state index in [4.69, 9.17) is 18.6 Å². The van der Waals surface area contributed by atoms with Crippen LogP contribution in [0.3, 0.4) is 0 Å². The van der Waals surface area contributed by atoms with Gasteiger partial charge in [-0.05, 0) is 44.2 Å². The topological polar surface area (TPSA) is 117 Å². The third-order valence-corrected chi connectivity index (χ3v) is 5.29. The molecular weight excluding hydrogens is 402 g/mol. The van der Waals surface area contributed by atoms with Crippen LogP contribution in [0.1, 0.15) is 36.8 Å². The fraction of sp³-hybridized carbons (Fsp3) is 0.455. The van der Waals surface area contributed by atoms with Crippen LogP contribution in [-0.2, 0) is 16.0 Å². The lowest BCUT2D eigenvalue weighted by Crippen LogP contribution is -2.56. The van der Waals surface area contributed by atoms with Crippen LogP contribution >= 0.6 is 0 Å². The van der Waals surface area contributed by atoms with E-state index in [2.05, 4.69) is 11.4 Å². The normalized spacial score (nSPS) is 19.3. The van der Waals surface area contributed by atoms with Gasteiger partial charge in [0, 0.05) is 19.8 Å². The summed E-state index contributed by atoms with van der Waals surface area (Å²) in [5.41, 5.74) is -0.0335. The van der Waals surface area contributed by atoms with E-state index in [9.17, 15) is 15.2 Å². The Morgan fingerprint density at radius 1 is 1.35 bits per heavy atom. The summed E-state index contributed by atoms with van der Waals surface area (Å²) in [6.45, 7) is 3.70. The molecule has 0 unspecified atom stereocenters. The maximum absolute atomic E-state index is 13.3. The van der Waals surface area contributed by atoms with Crippen LogP contribution < -0.4 is 10.1 Å². The molecule has 2 N–H and O–H groups in total. The lowest BCUT2D eigenvalue weighted by molar-refractivity contribution is -0.100. The molecule has 2 atom stereocenters. The standard InChI is InChI=1S/C22H27N3O6/c1-22(2)20(26)19(16-10-14(11-23)7-8-17(16)31-22)25(13-15-6-5-9-30-15)21(27)24-12-18(28-3)29-4/h5-10,18-20,26H,12-13H2,1-4H3,(H,24,27)/t19-,20+/m0/s1. The minimum Gasteiger partial charge on any atom is -0.485 e. The van der Waals surface area contributed by atoms with E-state index in [-0.39, 0.29) is 13.1 Å². The molecule has 9 heteroatoms. The number of furan rings is 1. The van der Waals surface area contributed by atoms with Crippen molar-refractivity contribution < 1.29 is 28.5 Å². The first-order chi connectivity index (χ1) is 14.8. The summed E-state index contributed by atoms with van der Waals surface area (Å²) in [6.07, 6.45) is -0.179. The second-order valence-corrected chi connectivity index (χ2v) is 7.75. The smallest absolute Gasteiger partial charge is 0.318 e. The number of aliphatic hydroxyl groups is 1. The van der Waals surface area contributed by atoms with Gasteiger partial charge in [0.15, 0.2) is 6.29 Å². The number of carbonyl (C=O) groups excluding carboxylic acids is 1. The van der Waals surface area contributed by atoms with Crippen molar-refractivity contribution in [1.29, 1.82) is 5.26 Å². The molecule has 31 heavy (non-hydrogen) atoms. The summed E-state index contributed by atoms with van der Waals surface area (Å²) in [5, 5.41) is 23.4. The Labute approximate surface area is 181 Å². The van der Waals surface area contributed by atoms with Crippen LogP contribution in [0.4, 0.5) is 4.79 Å². The monoisotopic (exact) mass is 429 g/mol. The van der Waals surface area contributed by atoms with Gasteiger partial charge in [0.25, 0.3) is 0 Å². The van der Waals surface area contributed by atoms with Gasteiger partial charge >= 0.3 is 6.03 Å². The van der Waals surface area contributed by atoms with Crippen LogP contribution in [0.5, 0.6) is 5.75 Å². The molecule has 1 aliphatic rings. The third kappa shape index (κ3) is 4.82. The predicted molar refractivity (Wildman–Crippen MR) is 110 cm³/mol. The quantitative estimate of drug-likeness (QED) is 0.650. The molecule has 0 spiro atoms. The molecule has 1 aromatic heterocycles. The van der Waals surface area contributed by atoms with Crippen molar-refractivity contribution in [3.05, 3.63) is 53.5 Å². The molecular formula is C22H27N3O6. The van der Waals surface area contributed by atoms with Crippen molar-refractivity contribution in [3.63, 3.8) is 0 Å². The lowest BCUT2D eigenvalue weighted by atomic mass is 9.85. The summed E-state index contributed by atoms with van der Waals surface area (Å²) in [6, 6.07) is 9.28. The summed E-state index contributed by atoms with van der Waals surface area (Å²) in [5.74, 6) is 1.04. The molecule has 0 fully saturated rings. The Bertz CT molecular complexity index is 933. The Balaban J connectivity index is 2.02. The van der Waals surface area contributed by atoms with E-state index in [1.165, 1.54) is 25.4 Å². The molecule has 2 aromatic rings. The Morgan fingerprint density at radius 3 is 2.71 bits per heavy atom. The number of nitrogens with zero attached hydrogens (tertiary/aromatic N) is 2. The summed E-state index contributed by atoms with van der Waals surface area (Å²) >= 11 is 0. The number of rotatable bonds is 7.